The van der Waals surface area contributed by atoms with Gasteiger partial charge in [0.2, 0.25) is 5.89 Å². The van der Waals surface area contributed by atoms with Crippen molar-refractivity contribution >= 4 is 46.6 Å². The fourth-order valence-electron chi connectivity index (χ4n) is 2.18. The van der Waals surface area contributed by atoms with E-state index >= 15 is 0 Å². The molecule has 0 saturated heterocycles. The highest BCUT2D eigenvalue weighted by atomic mass is 35.5. The van der Waals surface area contributed by atoms with Crippen LogP contribution in [0, 0.1) is 10.1 Å². The van der Waals surface area contributed by atoms with Crippen LogP contribution in [0.5, 0.6) is 0 Å². The Hall–Kier alpha value is -3.44. The zero-order chi connectivity index (χ0) is 21.5. The SMILES string of the molecule is O=C(COC(=O)CSc1nnc(-c2ccc(Cl)cc2)o1)Nc1cccc([N+](=O)[O-])c1. The Kier molecular flexibility index (Phi) is 6.99. The van der Waals surface area contributed by atoms with Crippen LogP contribution in [0.1, 0.15) is 0 Å². The summed E-state index contributed by atoms with van der Waals surface area (Å²) in [7, 11) is 0. The molecule has 0 radical (unpaired) electrons. The normalized spacial score (nSPS) is 10.4. The number of aromatic nitrogens is 2. The number of hydrogen-bond donors (Lipinski definition) is 1. The van der Waals surface area contributed by atoms with Crippen molar-refractivity contribution in [3.05, 3.63) is 63.7 Å². The third-order valence-corrected chi connectivity index (χ3v) is 4.56. The largest absolute Gasteiger partial charge is 0.455 e. The summed E-state index contributed by atoms with van der Waals surface area (Å²) in [4.78, 5) is 33.8. The summed E-state index contributed by atoms with van der Waals surface area (Å²) in [5.41, 5.74) is 0.734. The maximum atomic E-state index is 11.8. The number of nitrogens with zero attached hydrogens (tertiary/aromatic N) is 3. The molecule has 3 aromatic rings. The van der Waals surface area contributed by atoms with E-state index in [9.17, 15) is 19.7 Å². The minimum Gasteiger partial charge on any atom is -0.455 e. The maximum Gasteiger partial charge on any atom is 0.316 e. The van der Waals surface area contributed by atoms with E-state index in [0.717, 1.165) is 11.8 Å². The number of hydrogen-bond acceptors (Lipinski definition) is 9. The Bertz CT molecular complexity index is 1070. The van der Waals surface area contributed by atoms with Crippen molar-refractivity contribution in [1.82, 2.24) is 10.2 Å². The Morgan fingerprint density at radius 2 is 1.97 bits per heavy atom. The number of anilines is 1. The molecule has 0 unspecified atom stereocenters. The fourth-order valence-corrected chi connectivity index (χ4v) is 2.87. The Balaban J connectivity index is 1.44. The topological polar surface area (TPSA) is 137 Å². The zero-order valence-corrected chi connectivity index (χ0v) is 16.7. The van der Waals surface area contributed by atoms with Crippen LogP contribution in [0.2, 0.25) is 5.02 Å². The van der Waals surface area contributed by atoms with Gasteiger partial charge in [0.05, 0.1) is 4.92 Å². The van der Waals surface area contributed by atoms with Gasteiger partial charge in [-0.2, -0.15) is 0 Å². The minimum absolute atomic E-state index is 0.146. The number of benzene rings is 2. The predicted molar refractivity (Wildman–Crippen MR) is 108 cm³/mol. The standard InChI is InChI=1S/C18H13ClN4O6S/c19-12-6-4-11(5-7-12)17-21-22-18(29-17)30-10-16(25)28-9-15(24)20-13-2-1-3-14(8-13)23(26)27/h1-8H,9-10H2,(H,20,24). The number of carbonyl (C=O) groups is 2. The molecule has 1 aromatic heterocycles. The van der Waals surface area contributed by atoms with Crippen LogP contribution in [0.3, 0.4) is 0 Å². The Morgan fingerprint density at radius 1 is 1.20 bits per heavy atom. The highest BCUT2D eigenvalue weighted by Gasteiger charge is 2.14. The van der Waals surface area contributed by atoms with Crippen LogP contribution in [0.25, 0.3) is 11.5 Å². The van der Waals surface area contributed by atoms with Gasteiger partial charge in [0.15, 0.2) is 6.61 Å². The molecule has 0 aliphatic rings. The molecule has 0 fully saturated rings. The highest BCUT2D eigenvalue weighted by Crippen LogP contribution is 2.24. The van der Waals surface area contributed by atoms with Crippen molar-refractivity contribution < 1.29 is 23.7 Å². The molecular weight excluding hydrogens is 436 g/mol. The number of non-ortho nitro benzene ring substituents is 1. The van der Waals surface area contributed by atoms with Crippen LogP contribution in [0.4, 0.5) is 11.4 Å². The van der Waals surface area contributed by atoms with Gasteiger partial charge in [0.1, 0.15) is 5.75 Å². The van der Waals surface area contributed by atoms with Gasteiger partial charge < -0.3 is 14.5 Å². The molecule has 2 aromatic carbocycles. The molecule has 1 N–H and O–H groups in total. The number of amides is 1. The van der Waals surface area contributed by atoms with E-state index in [0.29, 0.717) is 10.6 Å². The molecule has 154 valence electrons. The zero-order valence-electron chi connectivity index (χ0n) is 15.1. The van der Waals surface area contributed by atoms with Gasteiger partial charge in [0.25, 0.3) is 16.8 Å². The second-order valence-electron chi connectivity index (χ2n) is 5.68. The van der Waals surface area contributed by atoms with Crippen molar-refractivity contribution in [2.45, 2.75) is 5.22 Å². The van der Waals surface area contributed by atoms with Gasteiger partial charge in [-0.05, 0) is 30.3 Å². The van der Waals surface area contributed by atoms with E-state index < -0.39 is 23.4 Å². The summed E-state index contributed by atoms with van der Waals surface area (Å²) in [5.74, 6) is -1.16. The number of rotatable bonds is 8. The maximum absolute atomic E-state index is 11.8. The highest BCUT2D eigenvalue weighted by molar-refractivity contribution is 7.99. The second kappa shape index (κ2) is 9.85. The fraction of sp³-hybridized carbons (Fsp3) is 0.111. The first-order chi connectivity index (χ1) is 14.4. The molecule has 10 nitrogen and oxygen atoms in total. The lowest BCUT2D eigenvalue weighted by atomic mass is 10.2. The number of nitrogens with one attached hydrogen (secondary N) is 1. The molecule has 1 heterocycles. The van der Waals surface area contributed by atoms with Gasteiger partial charge >= 0.3 is 5.97 Å². The number of halogens is 1. The molecule has 0 aliphatic heterocycles. The van der Waals surface area contributed by atoms with Crippen molar-refractivity contribution in [1.29, 1.82) is 0 Å². The number of esters is 1. The molecule has 0 atom stereocenters. The average Bonchev–Trinajstić information content (AvgIpc) is 3.20. The van der Waals surface area contributed by atoms with Gasteiger partial charge in [0, 0.05) is 28.4 Å². The van der Waals surface area contributed by atoms with Crippen molar-refractivity contribution in [2.75, 3.05) is 17.7 Å². The number of nitro groups is 1. The minimum atomic E-state index is -0.666. The first-order valence-electron chi connectivity index (χ1n) is 8.33. The lowest BCUT2D eigenvalue weighted by molar-refractivity contribution is -0.384. The van der Waals surface area contributed by atoms with Gasteiger partial charge in [-0.3, -0.25) is 19.7 Å². The number of nitro benzene ring substituents is 1. The van der Waals surface area contributed by atoms with Gasteiger partial charge in [-0.1, -0.05) is 29.4 Å². The summed E-state index contributed by atoms with van der Waals surface area (Å²) < 4.78 is 10.3. The molecule has 0 aliphatic carbocycles. The van der Waals surface area contributed by atoms with Crippen molar-refractivity contribution in [3.63, 3.8) is 0 Å². The van der Waals surface area contributed by atoms with Crippen molar-refractivity contribution in [2.24, 2.45) is 0 Å². The molecule has 0 saturated carbocycles. The number of carbonyl (C=O) groups excluding carboxylic acids is 2. The predicted octanol–water partition coefficient (Wildman–Crippen LogP) is 3.57. The lowest BCUT2D eigenvalue weighted by Crippen LogP contribution is -2.21. The molecule has 0 bridgehead atoms. The first-order valence-corrected chi connectivity index (χ1v) is 9.69. The summed E-state index contributed by atoms with van der Waals surface area (Å²) in [6.45, 7) is -0.540. The second-order valence-corrected chi connectivity index (χ2v) is 7.05. The van der Waals surface area contributed by atoms with Crippen LogP contribution in [-0.2, 0) is 14.3 Å². The first kappa shape index (κ1) is 21.3. The quantitative estimate of drug-likeness (QED) is 0.237. The molecule has 0 spiro atoms. The van der Waals surface area contributed by atoms with Gasteiger partial charge in [-0.25, -0.2) is 0 Å². The van der Waals surface area contributed by atoms with Crippen LogP contribution >= 0.6 is 23.4 Å². The number of thioether (sulfide) groups is 1. The third kappa shape index (κ3) is 6.03. The number of ether oxygens (including phenoxy) is 1. The van der Waals surface area contributed by atoms with E-state index in [4.69, 9.17) is 20.8 Å². The Labute approximate surface area is 178 Å². The Morgan fingerprint density at radius 3 is 2.70 bits per heavy atom. The summed E-state index contributed by atoms with van der Waals surface area (Å²) in [5, 5.41) is 21.6. The molecular formula is C18H13ClN4O6S. The summed E-state index contributed by atoms with van der Waals surface area (Å²) >= 11 is 6.79. The molecule has 3 rings (SSSR count). The molecule has 1 amide bonds. The van der Waals surface area contributed by atoms with Crippen LogP contribution < -0.4 is 5.32 Å². The third-order valence-electron chi connectivity index (χ3n) is 3.52. The van der Waals surface area contributed by atoms with E-state index in [-0.39, 0.29) is 28.2 Å². The van der Waals surface area contributed by atoms with E-state index in [1.165, 1.54) is 24.3 Å². The van der Waals surface area contributed by atoms with E-state index in [2.05, 4.69) is 15.5 Å². The molecule has 30 heavy (non-hydrogen) atoms. The van der Waals surface area contributed by atoms with Crippen LogP contribution in [0.15, 0.2) is 58.2 Å². The smallest absolute Gasteiger partial charge is 0.316 e. The van der Waals surface area contributed by atoms with Crippen LogP contribution in [-0.4, -0.2) is 39.4 Å². The lowest BCUT2D eigenvalue weighted by Gasteiger charge is -2.06. The molecule has 12 heteroatoms. The van der Waals surface area contributed by atoms with E-state index in [1.54, 1.807) is 24.3 Å². The van der Waals surface area contributed by atoms with Crippen molar-refractivity contribution in [3.8, 4) is 11.5 Å². The van der Waals surface area contributed by atoms with Gasteiger partial charge in [-0.15, -0.1) is 10.2 Å². The van der Waals surface area contributed by atoms with E-state index in [1.807, 2.05) is 0 Å². The summed E-state index contributed by atoms with van der Waals surface area (Å²) in [6.07, 6.45) is 0. The monoisotopic (exact) mass is 448 g/mol. The summed E-state index contributed by atoms with van der Waals surface area (Å²) in [6, 6.07) is 12.2. The average molecular weight is 449 g/mol.